The third kappa shape index (κ3) is 7.20. The second-order valence-electron chi connectivity index (χ2n) is 7.31. The number of benzene rings is 1. The Kier molecular flexibility index (Phi) is 8.83. The molecule has 4 nitrogen and oxygen atoms in total. The number of carbonyl (C=O) groups is 1. The minimum atomic E-state index is -5.23. The van der Waals surface area contributed by atoms with Crippen LogP contribution in [0.25, 0.3) is 0 Å². The molecule has 14 heteroatoms. The van der Waals surface area contributed by atoms with Crippen LogP contribution in [0.3, 0.4) is 0 Å². The van der Waals surface area contributed by atoms with Gasteiger partial charge in [0.15, 0.2) is 0 Å². The molecule has 0 unspecified atom stereocenters. The van der Waals surface area contributed by atoms with Crippen molar-refractivity contribution in [3.8, 4) is 5.75 Å². The minimum absolute atomic E-state index is 0.198. The summed E-state index contributed by atoms with van der Waals surface area (Å²) in [4.78, 5) is 14.5. The lowest BCUT2D eigenvalue weighted by molar-refractivity contribution is -0.275. The summed E-state index contributed by atoms with van der Waals surface area (Å²) in [6.07, 6.45) is -14.2. The van der Waals surface area contributed by atoms with Crippen LogP contribution in [0.15, 0.2) is 27.6 Å². The molecule has 188 valence electrons. The standard InChI is InChI=1S/C20H16BrF8NO3S/c1-8(2)5-10-11(7-34-13-4-3-9(21)6-12(13)33-20(27,28)29)16(19(24,25)26)30-15(17(22)23)14(10)18(31)32/h3-4,6,8,17H,5,7H2,1-2H3,(H,31,32). The highest BCUT2D eigenvalue weighted by Gasteiger charge is 2.40. The Morgan fingerprint density at radius 2 is 1.76 bits per heavy atom. The van der Waals surface area contributed by atoms with Gasteiger partial charge in [0.1, 0.15) is 17.1 Å². The van der Waals surface area contributed by atoms with Crippen LogP contribution in [0.1, 0.15) is 53.1 Å². The maximum absolute atomic E-state index is 13.8. The molecular formula is C20H16BrF8NO3S. The molecule has 0 saturated carbocycles. The maximum atomic E-state index is 13.8. The molecule has 0 radical (unpaired) electrons. The lowest BCUT2D eigenvalue weighted by atomic mass is 9.91. The number of aromatic nitrogens is 1. The number of carboxylic acid groups (broad SMARTS) is 1. The molecule has 0 aliphatic rings. The monoisotopic (exact) mass is 581 g/mol. The van der Waals surface area contributed by atoms with Crippen LogP contribution >= 0.6 is 27.7 Å². The van der Waals surface area contributed by atoms with Crippen molar-refractivity contribution < 1.29 is 49.8 Å². The van der Waals surface area contributed by atoms with Gasteiger partial charge in [0.2, 0.25) is 0 Å². The van der Waals surface area contributed by atoms with Crippen molar-refractivity contribution in [2.75, 3.05) is 0 Å². The van der Waals surface area contributed by atoms with Gasteiger partial charge in [-0.15, -0.1) is 24.9 Å². The quantitative estimate of drug-likeness (QED) is 0.254. The molecule has 1 N–H and O–H groups in total. The Bertz CT molecular complexity index is 1060. The number of ether oxygens (including phenoxy) is 1. The number of hydrogen-bond acceptors (Lipinski definition) is 4. The SMILES string of the molecule is CC(C)Cc1c(CSc2ccc(Br)cc2OC(F)(F)F)c(C(F)(F)F)nc(C(F)F)c1C(=O)O. The number of hydrogen-bond donors (Lipinski definition) is 1. The Morgan fingerprint density at radius 1 is 1.15 bits per heavy atom. The molecule has 0 aliphatic carbocycles. The summed E-state index contributed by atoms with van der Waals surface area (Å²) in [5.41, 5.74) is -5.48. The molecule has 0 aliphatic heterocycles. The predicted molar refractivity (Wildman–Crippen MR) is 110 cm³/mol. The van der Waals surface area contributed by atoms with E-state index in [1.807, 2.05) is 0 Å². The van der Waals surface area contributed by atoms with Crippen LogP contribution in [-0.2, 0) is 18.3 Å². The Morgan fingerprint density at radius 3 is 2.24 bits per heavy atom. The molecular weight excluding hydrogens is 566 g/mol. The lowest BCUT2D eigenvalue weighted by Crippen LogP contribution is -2.22. The van der Waals surface area contributed by atoms with Crippen molar-refractivity contribution in [2.24, 2.45) is 5.92 Å². The maximum Gasteiger partial charge on any atom is 0.573 e. The first kappa shape index (κ1) is 28.1. The van der Waals surface area contributed by atoms with Gasteiger partial charge in [-0.1, -0.05) is 29.8 Å². The van der Waals surface area contributed by atoms with Crippen LogP contribution in [-0.4, -0.2) is 22.4 Å². The van der Waals surface area contributed by atoms with Gasteiger partial charge in [0, 0.05) is 10.2 Å². The lowest BCUT2D eigenvalue weighted by Gasteiger charge is -2.22. The molecule has 1 heterocycles. The number of rotatable bonds is 8. The topological polar surface area (TPSA) is 59.4 Å². The van der Waals surface area contributed by atoms with Crippen LogP contribution < -0.4 is 4.74 Å². The number of aromatic carboxylic acids is 1. The fraction of sp³-hybridized carbons (Fsp3) is 0.400. The highest BCUT2D eigenvalue weighted by Crippen LogP contribution is 2.42. The molecule has 0 fully saturated rings. The highest BCUT2D eigenvalue weighted by molar-refractivity contribution is 9.10. The molecule has 0 saturated heterocycles. The minimum Gasteiger partial charge on any atom is -0.478 e. The van der Waals surface area contributed by atoms with Gasteiger partial charge in [0.25, 0.3) is 6.43 Å². The van der Waals surface area contributed by atoms with E-state index in [9.17, 15) is 45.0 Å². The first-order chi connectivity index (χ1) is 15.5. The zero-order valence-electron chi connectivity index (χ0n) is 17.3. The number of pyridine rings is 1. The van der Waals surface area contributed by atoms with E-state index in [2.05, 4.69) is 25.7 Å². The van der Waals surface area contributed by atoms with Gasteiger partial charge in [-0.3, -0.25) is 0 Å². The molecule has 2 aromatic rings. The predicted octanol–water partition coefficient (Wildman–Crippen LogP) is 7.89. The molecule has 1 aromatic carbocycles. The number of nitrogens with zero attached hydrogens (tertiary/aromatic N) is 1. The number of alkyl halides is 8. The Labute approximate surface area is 200 Å². The van der Waals surface area contributed by atoms with Crippen molar-refractivity contribution in [3.63, 3.8) is 0 Å². The second kappa shape index (κ2) is 10.7. The van der Waals surface area contributed by atoms with Crippen molar-refractivity contribution in [3.05, 3.63) is 50.8 Å². The normalized spacial score (nSPS) is 12.5. The van der Waals surface area contributed by atoms with E-state index in [4.69, 9.17) is 0 Å². The molecule has 1 aromatic heterocycles. The van der Waals surface area contributed by atoms with Gasteiger partial charge < -0.3 is 9.84 Å². The average molecular weight is 582 g/mol. The van der Waals surface area contributed by atoms with E-state index in [0.29, 0.717) is 11.8 Å². The number of thioether (sulfide) groups is 1. The van der Waals surface area contributed by atoms with Crippen molar-refractivity contribution in [1.82, 2.24) is 4.98 Å². The van der Waals surface area contributed by atoms with Crippen LogP contribution in [0.2, 0.25) is 0 Å². The molecule has 0 atom stereocenters. The zero-order valence-corrected chi connectivity index (χ0v) is 19.7. The van der Waals surface area contributed by atoms with Gasteiger partial charge in [-0.2, -0.15) is 13.2 Å². The van der Waals surface area contributed by atoms with E-state index in [1.165, 1.54) is 6.07 Å². The summed E-state index contributed by atoms with van der Waals surface area (Å²) in [6.45, 7) is 3.09. The molecule has 0 spiro atoms. The fourth-order valence-electron chi connectivity index (χ4n) is 3.07. The van der Waals surface area contributed by atoms with Gasteiger partial charge in [-0.05, 0) is 41.7 Å². The van der Waals surface area contributed by atoms with E-state index < -0.39 is 70.4 Å². The highest BCUT2D eigenvalue weighted by atomic mass is 79.9. The van der Waals surface area contributed by atoms with E-state index in [0.717, 1.165) is 12.1 Å². The van der Waals surface area contributed by atoms with E-state index >= 15 is 0 Å². The van der Waals surface area contributed by atoms with Crippen molar-refractivity contribution in [2.45, 2.75) is 49.9 Å². The number of halogens is 9. The molecule has 34 heavy (non-hydrogen) atoms. The van der Waals surface area contributed by atoms with Gasteiger partial charge in [0.05, 0.1) is 10.5 Å². The summed E-state index contributed by atoms with van der Waals surface area (Å²) < 4.78 is 111. The smallest absolute Gasteiger partial charge is 0.478 e. The van der Waals surface area contributed by atoms with Crippen LogP contribution in [0.4, 0.5) is 35.1 Å². The van der Waals surface area contributed by atoms with Crippen LogP contribution in [0.5, 0.6) is 5.75 Å². The fourth-order valence-corrected chi connectivity index (χ4v) is 4.43. The summed E-state index contributed by atoms with van der Waals surface area (Å²) in [6, 6.07) is 3.44. The summed E-state index contributed by atoms with van der Waals surface area (Å²) >= 11 is 3.46. The second-order valence-corrected chi connectivity index (χ2v) is 9.24. The molecule has 2 rings (SSSR count). The molecule has 0 bridgehead atoms. The third-order valence-electron chi connectivity index (χ3n) is 4.25. The first-order valence-corrected chi connectivity index (χ1v) is 11.1. The van der Waals surface area contributed by atoms with Crippen molar-refractivity contribution >= 4 is 33.7 Å². The largest absolute Gasteiger partial charge is 0.573 e. The molecule has 0 amide bonds. The third-order valence-corrected chi connectivity index (χ3v) is 5.82. The van der Waals surface area contributed by atoms with Gasteiger partial charge in [-0.25, -0.2) is 18.6 Å². The summed E-state index contributed by atoms with van der Waals surface area (Å²) in [7, 11) is 0. The van der Waals surface area contributed by atoms with E-state index in [1.54, 1.807) is 13.8 Å². The first-order valence-electron chi connectivity index (χ1n) is 9.33. The van der Waals surface area contributed by atoms with Gasteiger partial charge >= 0.3 is 18.5 Å². The van der Waals surface area contributed by atoms with Crippen LogP contribution in [0, 0.1) is 5.92 Å². The van der Waals surface area contributed by atoms with E-state index in [-0.39, 0.29) is 15.8 Å². The van der Waals surface area contributed by atoms with Crippen molar-refractivity contribution in [1.29, 1.82) is 0 Å². The number of carboxylic acids is 1. The summed E-state index contributed by atoms with van der Waals surface area (Å²) in [5, 5.41) is 9.50. The average Bonchev–Trinajstić information content (AvgIpc) is 2.64. The Hall–Kier alpha value is -2.09. The summed E-state index contributed by atoms with van der Waals surface area (Å²) in [5.74, 6) is -3.74. The zero-order chi connectivity index (χ0) is 26.0. The Balaban J connectivity index is 2.71.